The molecule has 2 rings (SSSR count). The molecule has 2 aromatic carbocycles. The predicted octanol–water partition coefficient (Wildman–Crippen LogP) is 3.36. The van der Waals surface area contributed by atoms with E-state index in [1.807, 2.05) is 0 Å². The van der Waals surface area contributed by atoms with Gasteiger partial charge in [-0.05, 0) is 29.3 Å². The van der Waals surface area contributed by atoms with Crippen LogP contribution >= 0.6 is 0 Å². The third kappa shape index (κ3) is 4.33. The first kappa shape index (κ1) is 15.6. The molecule has 0 amide bonds. The average molecular weight is 294 g/mol. The zero-order chi connectivity index (χ0) is 15.5. The lowest BCUT2D eigenvalue weighted by molar-refractivity contribution is -0.137. The van der Waals surface area contributed by atoms with Crippen molar-refractivity contribution in [3.05, 3.63) is 65.0 Å². The van der Waals surface area contributed by atoms with Crippen LogP contribution in [0.15, 0.2) is 42.5 Å². The molecule has 0 fully saturated rings. The van der Waals surface area contributed by atoms with E-state index in [1.165, 1.54) is 24.3 Å². The highest BCUT2D eigenvalue weighted by Crippen LogP contribution is 2.29. The number of halogens is 4. The first-order chi connectivity index (χ1) is 9.86. The van der Waals surface area contributed by atoms with Crippen molar-refractivity contribution in [1.29, 1.82) is 0 Å². The maximum atomic E-state index is 13.2. The van der Waals surface area contributed by atoms with E-state index < -0.39 is 17.6 Å². The molecule has 0 aliphatic heterocycles. The van der Waals surface area contributed by atoms with Crippen molar-refractivity contribution >= 4 is 13.3 Å². The van der Waals surface area contributed by atoms with Crippen molar-refractivity contribution in [2.24, 2.45) is 0 Å². The van der Waals surface area contributed by atoms with E-state index in [1.54, 1.807) is 6.07 Å². The molecule has 0 bridgehead atoms. The SMILES string of the molecule is [B]c1ccc(COCc2ccc(C(F)(F)F)cc2)cc1F. The fraction of sp³-hybridized carbons (Fsp3) is 0.200. The first-order valence-electron chi connectivity index (χ1n) is 6.14. The second kappa shape index (κ2) is 6.31. The Balaban J connectivity index is 1.90. The van der Waals surface area contributed by atoms with Gasteiger partial charge in [-0.2, -0.15) is 13.2 Å². The highest BCUT2D eigenvalue weighted by Gasteiger charge is 2.29. The van der Waals surface area contributed by atoms with E-state index in [4.69, 9.17) is 12.6 Å². The fourth-order valence-electron chi connectivity index (χ4n) is 1.74. The van der Waals surface area contributed by atoms with E-state index in [0.29, 0.717) is 11.1 Å². The van der Waals surface area contributed by atoms with Crippen LogP contribution in [0.3, 0.4) is 0 Å². The van der Waals surface area contributed by atoms with Crippen molar-refractivity contribution in [1.82, 2.24) is 0 Å². The van der Waals surface area contributed by atoms with E-state index in [2.05, 4.69) is 0 Å². The molecular weight excluding hydrogens is 283 g/mol. The van der Waals surface area contributed by atoms with Gasteiger partial charge in [-0.1, -0.05) is 29.7 Å². The summed E-state index contributed by atoms with van der Waals surface area (Å²) in [7, 11) is 5.35. The average Bonchev–Trinajstić information content (AvgIpc) is 2.42. The van der Waals surface area contributed by atoms with Gasteiger partial charge in [0, 0.05) is 0 Å². The molecule has 0 N–H and O–H groups in total. The van der Waals surface area contributed by atoms with Crippen molar-refractivity contribution in [2.45, 2.75) is 19.4 Å². The summed E-state index contributed by atoms with van der Waals surface area (Å²) >= 11 is 0. The summed E-state index contributed by atoms with van der Waals surface area (Å²) in [6.07, 6.45) is -4.35. The van der Waals surface area contributed by atoms with Gasteiger partial charge >= 0.3 is 6.18 Å². The minimum Gasteiger partial charge on any atom is -0.372 e. The molecule has 0 spiro atoms. The number of ether oxygens (including phenoxy) is 1. The smallest absolute Gasteiger partial charge is 0.372 e. The molecule has 0 unspecified atom stereocenters. The highest BCUT2D eigenvalue weighted by atomic mass is 19.4. The Morgan fingerprint density at radius 1 is 0.905 bits per heavy atom. The molecule has 6 heteroatoms. The van der Waals surface area contributed by atoms with Gasteiger partial charge in [-0.25, -0.2) is 4.39 Å². The Labute approximate surface area is 121 Å². The zero-order valence-electron chi connectivity index (χ0n) is 11.0. The van der Waals surface area contributed by atoms with Crippen LogP contribution in [0.5, 0.6) is 0 Å². The Hall–Kier alpha value is -1.82. The Morgan fingerprint density at radius 3 is 2.05 bits per heavy atom. The fourth-order valence-corrected chi connectivity index (χ4v) is 1.74. The van der Waals surface area contributed by atoms with Gasteiger partial charge in [0.2, 0.25) is 0 Å². The lowest BCUT2D eigenvalue weighted by Crippen LogP contribution is -2.08. The molecule has 0 heterocycles. The van der Waals surface area contributed by atoms with Gasteiger partial charge < -0.3 is 4.74 Å². The minimum absolute atomic E-state index is 0.0569. The number of benzene rings is 2. The molecular formula is C15H11BF4O. The van der Waals surface area contributed by atoms with Gasteiger partial charge in [0.15, 0.2) is 0 Å². The molecule has 108 valence electrons. The maximum absolute atomic E-state index is 13.2. The summed E-state index contributed by atoms with van der Waals surface area (Å²) in [5, 5.41) is 0. The van der Waals surface area contributed by atoms with Crippen molar-refractivity contribution in [2.75, 3.05) is 0 Å². The predicted molar refractivity (Wildman–Crippen MR) is 71.7 cm³/mol. The van der Waals surface area contributed by atoms with Crippen LogP contribution in [0.4, 0.5) is 17.6 Å². The van der Waals surface area contributed by atoms with Crippen LogP contribution in [0.1, 0.15) is 16.7 Å². The summed E-state index contributed by atoms with van der Waals surface area (Å²) in [5.41, 5.74) is 0.570. The summed E-state index contributed by atoms with van der Waals surface area (Å²) in [6.45, 7) is 0.294. The molecule has 0 aromatic heterocycles. The van der Waals surface area contributed by atoms with Gasteiger partial charge in [0.25, 0.3) is 0 Å². The third-order valence-corrected chi connectivity index (χ3v) is 2.88. The number of hydrogen-bond donors (Lipinski definition) is 0. The van der Waals surface area contributed by atoms with E-state index in [-0.39, 0.29) is 18.7 Å². The van der Waals surface area contributed by atoms with Crippen LogP contribution in [-0.2, 0) is 24.1 Å². The van der Waals surface area contributed by atoms with Crippen LogP contribution in [-0.4, -0.2) is 7.85 Å². The zero-order valence-corrected chi connectivity index (χ0v) is 11.0. The second-order valence-electron chi connectivity index (χ2n) is 4.54. The van der Waals surface area contributed by atoms with Crippen LogP contribution in [0.25, 0.3) is 0 Å². The molecule has 0 saturated carbocycles. The van der Waals surface area contributed by atoms with Crippen molar-refractivity contribution in [3.63, 3.8) is 0 Å². The molecule has 2 aromatic rings. The Morgan fingerprint density at radius 2 is 1.48 bits per heavy atom. The molecule has 0 aliphatic rings. The van der Waals surface area contributed by atoms with Gasteiger partial charge in [-0.15, -0.1) is 0 Å². The van der Waals surface area contributed by atoms with Crippen molar-refractivity contribution < 1.29 is 22.3 Å². The van der Waals surface area contributed by atoms with Gasteiger partial charge in [-0.3, -0.25) is 0 Å². The monoisotopic (exact) mass is 294 g/mol. The largest absolute Gasteiger partial charge is 0.416 e. The Bertz CT molecular complexity index is 608. The lowest BCUT2D eigenvalue weighted by Gasteiger charge is -2.08. The molecule has 0 aliphatic carbocycles. The molecule has 0 saturated heterocycles. The van der Waals surface area contributed by atoms with Gasteiger partial charge in [0.1, 0.15) is 13.7 Å². The standard InChI is InChI=1S/C15H11BF4O/c16-13-6-3-11(7-14(13)17)9-21-8-10-1-4-12(5-2-10)15(18,19)20/h1-7H,8-9H2. The third-order valence-electron chi connectivity index (χ3n) is 2.88. The van der Waals surface area contributed by atoms with Crippen LogP contribution in [0, 0.1) is 5.82 Å². The van der Waals surface area contributed by atoms with Crippen LogP contribution < -0.4 is 5.46 Å². The summed E-state index contributed by atoms with van der Waals surface area (Å²) in [4.78, 5) is 0. The number of alkyl halides is 3. The highest BCUT2D eigenvalue weighted by molar-refractivity contribution is 6.32. The maximum Gasteiger partial charge on any atom is 0.416 e. The number of hydrogen-bond acceptors (Lipinski definition) is 1. The molecule has 2 radical (unpaired) electrons. The molecule has 21 heavy (non-hydrogen) atoms. The molecule has 1 nitrogen and oxygen atoms in total. The molecule has 0 atom stereocenters. The summed E-state index contributed by atoms with van der Waals surface area (Å²) in [5.74, 6) is -0.523. The lowest BCUT2D eigenvalue weighted by atomic mass is 9.94. The normalized spacial score (nSPS) is 11.6. The van der Waals surface area contributed by atoms with E-state index in [9.17, 15) is 17.6 Å². The van der Waals surface area contributed by atoms with Crippen molar-refractivity contribution in [3.8, 4) is 0 Å². The Kier molecular flexibility index (Phi) is 4.68. The minimum atomic E-state index is -4.35. The number of rotatable bonds is 4. The van der Waals surface area contributed by atoms with Crippen LogP contribution in [0.2, 0.25) is 0 Å². The first-order valence-corrected chi connectivity index (χ1v) is 6.14. The summed E-state index contributed by atoms with van der Waals surface area (Å²) in [6, 6.07) is 9.04. The van der Waals surface area contributed by atoms with Gasteiger partial charge in [0.05, 0.1) is 18.8 Å². The summed E-state index contributed by atoms with van der Waals surface area (Å²) < 4.78 is 55.7. The quantitative estimate of drug-likeness (QED) is 0.620. The topological polar surface area (TPSA) is 9.23 Å². The second-order valence-corrected chi connectivity index (χ2v) is 4.54. The van der Waals surface area contributed by atoms with E-state index in [0.717, 1.165) is 12.1 Å². The van der Waals surface area contributed by atoms with E-state index >= 15 is 0 Å².